The molecule has 0 fully saturated rings. The molecule has 0 aliphatic heterocycles. The Balaban J connectivity index is 0. The molecule has 1 aromatic carbocycles. The summed E-state index contributed by atoms with van der Waals surface area (Å²) in [6.45, 7) is 15.0. The van der Waals surface area contributed by atoms with Gasteiger partial charge in [0.1, 0.15) is 0 Å². The number of carboxylic acid groups (broad SMARTS) is 2. The van der Waals surface area contributed by atoms with Crippen molar-refractivity contribution in [3.8, 4) is 0 Å². The standard InChI is InChI=1S/C8H6O4.2C4H8/c9-7(10)5-3-1-2-4-6(5)8(11)12;2*1-4(2)3/h1-4H,(H,9,10)(H,11,12);2*1H2,2-3H3. The zero-order valence-electron chi connectivity index (χ0n) is 12.4. The molecule has 1 aromatic rings. The molecule has 0 amide bonds. The first kappa shape index (κ1) is 20.0. The molecule has 0 radical (unpaired) electrons. The second-order valence-corrected chi connectivity index (χ2v) is 4.57. The lowest BCUT2D eigenvalue weighted by Gasteiger charge is -1.98. The molecule has 0 atom stereocenters. The number of carboxylic acids is 2. The highest BCUT2D eigenvalue weighted by molar-refractivity contribution is 6.01. The van der Waals surface area contributed by atoms with Crippen molar-refractivity contribution in [3.63, 3.8) is 0 Å². The minimum absolute atomic E-state index is 0.190. The quantitative estimate of drug-likeness (QED) is 0.793. The van der Waals surface area contributed by atoms with Gasteiger partial charge in [0.15, 0.2) is 0 Å². The largest absolute Gasteiger partial charge is 0.478 e. The van der Waals surface area contributed by atoms with Crippen LogP contribution in [0.1, 0.15) is 48.4 Å². The van der Waals surface area contributed by atoms with Crippen LogP contribution in [0.25, 0.3) is 0 Å². The summed E-state index contributed by atoms with van der Waals surface area (Å²) in [4.78, 5) is 20.9. The van der Waals surface area contributed by atoms with Gasteiger partial charge in [0, 0.05) is 0 Å². The molecule has 0 bridgehead atoms. The van der Waals surface area contributed by atoms with E-state index >= 15 is 0 Å². The van der Waals surface area contributed by atoms with Crippen molar-refractivity contribution in [2.75, 3.05) is 0 Å². The van der Waals surface area contributed by atoms with Gasteiger partial charge in [-0.05, 0) is 39.8 Å². The molecule has 4 heteroatoms. The van der Waals surface area contributed by atoms with E-state index < -0.39 is 11.9 Å². The number of rotatable bonds is 2. The Labute approximate surface area is 120 Å². The zero-order valence-corrected chi connectivity index (χ0v) is 12.4. The van der Waals surface area contributed by atoms with Gasteiger partial charge in [-0.3, -0.25) is 0 Å². The number of hydrogen-bond donors (Lipinski definition) is 2. The molecule has 20 heavy (non-hydrogen) atoms. The van der Waals surface area contributed by atoms with E-state index in [1.807, 2.05) is 27.7 Å². The fraction of sp³-hybridized carbons (Fsp3) is 0.250. The van der Waals surface area contributed by atoms with Crippen LogP contribution in [-0.2, 0) is 0 Å². The average Bonchev–Trinajstić information content (AvgIpc) is 2.27. The van der Waals surface area contributed by atoms with Gasteiger partial charge in [0.25, 0.3) is 0 Å². The Morgan fingerprint density at radius 2 is 1.00 bits per heavy atom. The lowest BCUT2D eigenvalue weighted by molar-refractivity contribution is 0.0651. The Hall–Kier alpha value is -2.36. The van der Waals surface area contributed by atoms with E-state index in [1.165, 1.54) is 35.4 Å². The van der Waals surface area contributed by atoms with E-state index in [4.69, 9.17) is 10.2 Å². The summed E-state index contributed by atoms with van der Waals surface area (Å²) < 4.78 is 0. The van der Waals surface area contributed by atoms with Crippen molar-refractivity contribution < 1.29 is 19.8 Å². The van der Waals surface area contributed by atoms with E-state index in [-0.39, 0.29) is 11.1 Å². The molecule has 0 aromatic heterocycles. The molecule has 0 unspecified atom stereocenters. The monoisotopic (exact) mass is 278 g/mol. The number of allylic oxidation sites excluding steroid dienone is 2. The predicted molar refractivity (Wildman–Crippen MR) is 81.3 cm³/mol. The summed E-state index contributed by atoms with van der Waals surface area (Å²) in [6, 6.07) is 5.48. The van der Waals surface area contributed by atoms with Crippen molar-refractivity contribution in [3.05, 3.63) is 59.7 Å². The minimum atomic E-state index is -1.23. The van der Waals surface area contributed by atoms with Gasteiger partial charge in [0.05, 0.1) is 11.1 Å². The molecular formula is C16H22O4. The zero-order chi connectivity index (χ0) is 16.3. The maximum Gasteiger partial charge on any atom is 0.336 e. The average molecular weight is 278 g/mol. The van der Waals surface area contributed by atoms with Crippen LogP contribution in [0.15, 0.2) is 48.6 Å². The van der Waals surface area contributed by atoms with Gasteiger partial charge in [0.2, 0.25) is 0 Å². The Kier molecular flexibility index (Phi) is 10.5. The van der Waals surface area contributed by atoms with E-state index in [0.29, 0.717) is 0 Å². The van der Waals surface area contributed by atoms with Crippen molar-refractivity contribution in [2.45, 2.75) is 27.7 Å². The summed E-state index contributed by atoms with van der Waals surface area (Å²) >= 11 is 0. The van der Waals surface area contributed by atoms with E-state index in [9.17, 15) is 9.59 Å². The molecule has 0 aliphatic rings. The van der Waals surface area contributed by atoms with E-state index in [2.05, 4.69) is 13.2 Å². The highest BCUT2D eigenvalue weighted by atomic mass is 16.4. The summed E-state index contributed by atoms with van der Waals surface area (Å²) in [5.74, 6) is -2.46. The first-order valence-corrected chi connectivity index (χ1v) is 5.89. The minimum Gasteiger partial charge on any atom is -0.478 e. The fourth-order valence-electron chi connectivity index (χ4n) is 0.856. The maximum atomic E-state index is 10.5. The summed E-state index contributed by atoms with van der Waals surface area (Å²) in [6.07, 6.45) is 0. The number of aromatic carboxylic acids is 2. The van der Waals surface area contributed by atoms with Gasteiger partial charge in [-0.15, -0.1) is 13.2 Å². The lowest BCUT2D eigenvalue weighted by atomic mass is 10.1. The van der Waals surface area contributed by atoms with Crippen LogP contribution >= 0.6 is 0 Å². The van der Waals surface area contributed by atoms with Crippen molar-refractivity contribution >= 4 is 11.9 Å². The molecule has 1 rings (SSSR count). The summed E-state index contributed by atoms with van der Waals surface area (Å²) in [5, 5.41) is 17.1. The van der Waals surface area contributed by atoms with Crippen LogP contribution in [-0.4, -0.2) is 22.2 Å². The third-order valence-corrected chi connectivity index (χ3v) is 1.39. The van der Waals surface area contributed by atoms with Gasteiger partial charge in [-0.25, -0.2) is 9.59 Å². The molecule has 0 spiro atoms. The second kappa shape index (κ2) is 10.6. The van der Waals surface area contributed by atoms with Gasteiger partial charge in [-0.1, -0.05) is 23.3 Å². The van der Waals surface area contributed by atoms with Crippen LogP contribution in [0.2, 0.25) is 0 Å². The van der Waals surface area contributed by atoms with Crippen LogP contribution in [0.3, 0.4) is 0 Å². The smallest absolute Gasteiger partial charge is 0.336 e. The Bertz CT molecular complexity index is 434. The number of carbonyl (C=O) groups is 2. The molecule has 110 valence electrons. The van der Waals surface area contributed by atoms with Gasteiger partial charge in [-0.2, -0.15) is 0 Å². The van der Waals surface area contributed by atoms with E-state index in [1.54, 1.807) is 0 Å². The number of benzene rings is 1. The lowest BCUT2D eigenvalue weighted by Crippen LogP contribution is -2.06. The molecular weight excluding hydrogens is 256 g/mol. The second-order valence-electron chi connectivity index (χ2n) is 4.57. The van der Waals surface area contributed by atoms with Crippen molar-refractivity contribution in [2.24, 2.45) is 0 Å². The highest BCUT2D eigenvalue weighted by Crippen LogP contribution is 2.07. The van der Waals surface area contributed by atoms with E-state index in [0.717, 1.165) is 0 Å². The van der Waals surface area contributed by atoms with Crippen LogP contribution < -0.4 is 0 Å². The highest BCUT2D eigenvalue weighted by Gasteiger charge is 2.13. The first-order chi connectivity index (χ1) is 9.09. The molecule has 4 nitrogen and oxygen atoms in total. The SMILES string of the molecule is C=C(C)C.C=C(C)C.O=C(O)c1ccccc1C(=O)O. The molecule has 0 aliphatic carbocycles. The van der Waals surface area contributed by atoms with Gasteiger partial charge < -0.3 is 10.2 Å². The third-order valence-electron chi connectivity index (χ3n) is 1.39. The molecule has 2 N–H and O–H groups in total. The first-order valence-electron chi connectivity index (χ1n) is 5.89. The summed E-state index contributed by atoms with van der Waals surface area (Å²) in [7, 11) is 0. The molecule has 0 heterocycles. The molecule has 0 saturated heterocycles. The van der Waals surface area contributed by atoms with Crippen LogP contribution in [0.4, 0.5) is 0 Å². The Morgan fingerprint density at radius 1 is 0.800 bits per heavy atom. The van der Waals surface area contributed by atoms with Crippen molar-refractivity contribution in [1.29, 1.82) is 0 Å². The van der Waals surface area contributed by atoms with Crippen LogP contribution in [0.5, 0.6) is 0 Å². The fourth-order valence-corrected chi connectivity index (χ4v) is 0.856. The predicted octanol–water partition coefficient (Wildman–Crippen LogP) is 4.25. The van der Waals surface area contributed by atoms with Crippen LogP contribution in [0, 0.1) is 0 Å². The summed E-state index contributed by atoms with van der Waals surface area (Å²) in [5.41, 5.74) is 1.95. The number of hydrogen-bond acceptors (Lipinski definition) is 2. The normalized spacial score (nSPS) is 8.20. The molecule has 0 saturated carbocycles. The van der Waals surface area contributed by atoms with Crippen molar-refractivity contribution in [1.82, 2.24) is 0 Å². The Morgan fingerprint density at radius 3 is 1.15 bits per heavy atom. The van der Waals surface area contributed by atoms with Gasteiger partial charge >= 0.3 is 11.9 Å². The third kappa shape index (κ3) is 12.1. The maximum absolute atomic E-state index is 10.5. The topological polar surface area (TPSA) is 74.6 Å².